The fourth-order valence-electron chi connectivity index (χ4n) is 2.96. The van der Waals surface area contributed by atoms with Gasteiger partial charge in [0, 0.05) is 11.3 Å². The second kappa shape index (κ2) is 10.1. The highest BCUT2D eigenvalue weighted by Crippen LogP contribution is 2.22. The molecule has 3 rings (SSSR count). The molecule has 2 aromatic rings. The van der Waals surface area contributed by atoms with E-state index in [1.165, 1.54) is 43.0 Å². The minimum absolute atomic E-state index is 0.406. The molecule has 0 aliphatic heterocycles. The van der Waals surface area contributed by atoms with E-state index < -0.39 is 0 Å². The number of rotatable bonds is 7. The van der Waals surface area contributed by atoms with E-state index in [0.717, 1.165) is 16.9 Å². The molecule has 5 heteroatoms. The van der Waals surface area contributed by atoms with E-state index in [0.29, 0.717) is 17.9 Å². The van der Waals surface area contributed by atoms with Crippen LogP contribution in [0.5, 0.6) is 0 Å². The summed E-state index contributed by atoms with van der Waals surface area (Å²) in [6.07, 6.45) is 7.07. The van der Waals surface area contributed by atoms with Gasteiger partial charge in [0.25, 0.3) is 0 Å². The summed E-state index contributed by atoms with van der Waals surface area (Å²) in [7, 11) is 0. The van der Waals surface area contributed by atoms with Crippen molar-refractivity contribution in [3.05, 3.63) is 71.3 Å². The van der Waals surface area contributed by atoms with Gasteiger partial charge in [0.15, 0.2) is 5.17 Å². The highest BCUT2D eigenvalue weighted by molar-refractivity contribution is 8.13. The molecule has 0 amide bonds. The maximum absolute atomic E-state index is 6.02. The molecule has 0 bridgehead atoms. The summed E-state index contributed by atoms with van der Waals surface area (Å²) >= 11 is 1.49. The summed E-state index contributed by atoms with van der Waals surface area (Å²) < 4.78 is 6.02. The molecule has 1 fully saturated rings. The van der Waals surface area contributed by atoms with Crippen LogP contribution in [0.3, 0.4) is 0 Å². The smallest absolute Gasteiger partial charge is 0.180 e. The number of amidine groups is 1. The predicted octanol–water partition coefficient (Wildman–Crippen LogP) is 4.73. The fraction of sp³-hybridized carbons (Fsp3) is 0.333. The second-order valence-electron chi connectivity index (χ2n) is 6.37. The zero-order valence-electron chi connectivity index (χ0n) is 14.9. The summed E-state index contributed by atoms with van der Waals surface area (Å²) in [4.78, 5) is 0. The van der Waals surface area contributed by atoms with Crippen molar-refractivity contribution in [2.75, 3.05) is 0 Å². The van der Waals surface area contributed by atoms with Gasteiger partial charge in [-0.2, -0.15) is 5.10 Å². The van der Waals surface area contributed by atoms with Crippen LogP contribution in [0.15, 0.2) is 64.8 Å². The Balaban J connectivity index is 1.53. The zero-order chi connectivity index (χ0) is 18.0. The molecule has 1 aliphatic rings. The molecule has 1 aliphatic carbocycles. The van der Waals surface area contributed by atoms with Crippen molar-refractivity contribution in [2.45, 2.75) is 44.1 Å². The molecule has 0 unspecified atom stereocenters. The van der Waals surface area contributed by atoms with Crippen LogP contribution in [0, 0.1) is 0 Å². The number of thioether (sulfide) groups is 1. The van der Waals surface area contributed by atoms with Crippen molar-refractivity contribution in [1.82, 2.24) is 0 Å². The van der Waals surface area contributed by atoms with Gasteiger partial charge in [-0.15, -0.1) is 5.10 Å². The third kappa shape index (κ3) is 6.00. The van der Waals surface area contributed by atoms with Crippen molar-refractivity contribution in [3.63, 3.8) is 0 Å². The SMILES string of the molecule is NC(=NN=Cc1ccccc1COC1CCCC1)SCc1ccccc1. The lowest BCUT2D eigenvalue weighted by Gasteiger charge is -2.12. The van der Waals surface area contributed by atoms with Crippen LogP contribution in [0.2, 0.25) is 0 Å². The van der Waals surface area contributed by atoms with Gasteiger partial charge in [-0.3, -0.25) is 0 Å². The van der Waals surface area contributed by atoms with E-state index in [1.54, 1.807) is 6.21 Å². The molecular formula is C21H25N3OS. The Hall–Kier alpha value is -2.11. The molecule has 1 saturated carbocycles. The van der Waals surface area contributed by atoms with Crippen LogP contribution in [-0.2, 0) is 17.1 Å². The molecule has 0 aromatic heterocycles. The van der Waals surface area contributed by atoms with Gasteiger partial charge in [0.1, 0.15) is 0 Å². The van der Waals surface area contributed by atoms with Crippen molar-refractivity contribution >= 4 is 23.1 Å². The summed E-state index contributed by atoms with van der Waals surface area (Å²) in [6, 6.07) is 18.3. The molecule has 4 nitrogen and oxygen atoms in total. The van der Waals surface area contributed by atoms with E-state index in [1.807, 2.05) is 36.4 Å². The topological polar surface area (TPSA) is 60.0 Å². The minimum Gasteiger partial charge on any atom is -0.377 e. The first-order chi connectivity index (χ1) is 12.8. The minimum atomic E-state index is 0.406. The number of hydrogen-bond acceptors (Lipinski definition) is 4. The van der Waals surface area contributed by atoms with Gasteiger partial charge in [-0.25, -0.2) is 0 Å². The summed E-state index contributed by atoms with van der Waals surface area (Å²) in [5, 5.41) is 8.72. The van der Waals surface area contributed by atoms with Gasteiger partial charge >= 0.3 is 0 Å². The van der Waals surface area contributed by atoms with Gasteiger partial charge in [0.2, 0.25) is 0 Å². The second-order valence-corrected chi connectivity index (χ2v) is 7.37. The molecule has 136 valence electrons. The summed E-state index contributed by atoms with van der Waals surface area (Å²) in [5.41, 5.74) is 9.31. The number of ether oxygens (including phenoxy) is 1. The predicted molar refractivity (Wildman–Crippen MR) is 110 cm³/mol. The van der Waals surface area contributed by atoms with Crippen LogP contribution in [-0.4, -0.2) is 17.5 Å². The van der Waals surface area contributed by atoms with Crippen LogP contribution >= 0.6 is 11.8 Å². The van der Waals surface area contributed by atoms with Gasteiger partial charge < -0.3 is 10.5 Å². The maximum atomic E-state index is 6.02. The van der Waals surface area contributed by atoms with E-state index in [2.05, 4.69) is 28.4 Å². The highest BCUT2D eigenvalue weighted by atomic mass is 32.2. The third-order valence-electron chi connectivity index (χ3n) is 4.41. The van der Waals surface area contributed by atoms with E-state index in [-0.39, 0.29) is 0 Å². The molecule has 0 spiro atoms. The first kappa shape index (κ1) is 18.7. The number of hydrogen-bond donors (Lipinski definition) is 1. The Morgan fingerprint density at radius 3 is 2.62 bits per heavy atom. The van der Waals surface area contributed by atoms with Crippen LogP contribution < -0.4 is 5.73 Å². The Bertz CT molecular complexity index is 740. The van der Waals surface area contributed by atoms with E-state index >= 15 is 0 Å². The molecule has 0 heterocycles. The molecule has 0 saturated heterocycles. The largest absolute Gasteiger partial charge is 0.377 e. The van der Waals surface area contributed by atoms with Crippen LogP contribution in [0.25, 0.3) is 0 Å². The molecular weight excluding hydrogens is 342 g/mol. The number of benzene rings is 2. The van der Waals surface area contributed by atoms with E-state index in [9.17, 15) is 0 Å². The Morgan fingerprint density at radius 2 is 1.81 bits per heavy atom. The van der Waals surface area contributed by atoms with Gasteiger partial charge in [-0.05, 0) is 24.0 Å². The summed E-state index contributed by atoms with van der Waals surface area (Å²) in [5.74, 6) is 0.789. The van der Waals surface area contributed by atoms with Crippen molar-refractivity contribution in [1.29, 1.82) is 0 Å². The third-order valence-corrected chi connectivity index (χ3v) is 5.27. The van der Waals surface area contributed by atoms with Crippen LogP contribution in [0.1, 0.15) is 42.4 Å². The molecule has 2 aromatic carbocycles. The standard InChI is InChI=1S/C21H25N3OS/c22-21(26-16-17-8-2-1-3-9-17)24-23-14-18-10-4-5-11-19(18)15-25-20-12-6-7-13-20/h1-5,8-11,14,20H,6-7,12-13,15-16H2,(H2,22,24). The number of nitrogens with two attached hydrogens (primary N) is 1. The van der Waals surface area contributed by atoms with Crippen LogP contribution in [0.4, 0.5) is 0 Å². The molecule has 0 atom stereocenters. The van der Waals surface area contributed by atoms with Crippen molar-refractivity contribution < 1.29 is 4.74 Å². The lowest BCUT2D eigenvalue weighted by Crippen LogP contribution is -2.08. The quantitative estimate of drug-likeness (QED) is 0.437. The molecule has 0 radical (unpaired) electrons. The first-order valence-electron chi connectivity index (χ1n) is 9.04. The lowest BCUT2D eigenvalue weighted by molar-refractivity contribution is 0.0456. The number of nitrogens with zero attached hydrogens (tertiary/aromatic N) is 2. The van der Waals surface area contributed by atoms with Gasteiger partial charge in [0.05, 0.1) is 18.9 Å². The van der Waals surface area contributed by atoms with E-state index in [4.69, 9.17) is 10.5 Å². The Kier molecular flexibility index (Phi) is 7.28. The average molecular weight is 368 g/mol. The first-order valence-corrected chi connectivity index (χ1v) is 10.0. The Labute approximate surface area is 159 Å². The Morgan fingerprint density at radius 1 is 1.08 bits per heavy atom. The van der Waals surface area contributed by atoms with Gasteiger partial charge in [-0.1, -0.05) is 79.2 Å². The molecule has 2 N–H and O–H groups in total. The maximum Gasteiger partial charge on any atom is 0.180 e. The van der Waals surface area contributed by atoms with Crippen molar-refractivity contribution in [3.8, 4) is 0 Å². The van der Waals surface area contributed by atoms with Crippen molar-refractivity contribution in [2.24, 2.45) is 15.9 Å². The zero-order valence-corrected chi connectivity index (χ0v) is 15.7. The highest BCUT2D eigenvalue weighted by Gasteiger charge is 2.15. The molecule has 26 heavy (non-hydrogen) atoms. The average Bonchev–Trinajstić information content (AvgIpc) is 3.20. The normalized spacial score (nSPS) is 15.8. The monoisotopic (exact) mass is 367 g/mol. The lowest BCUT2D eigenvalue weighted by atomic mass is 10.1. The summed E-state index contributed by atoms with van der Waals surface area (Å²) in [6.45, 7) is 0.620. The fourth-order valence-corrected chi connectivity index (χ4v) is 3.57.